The second-order valence-electron chi connectivity index (χ2n) is 8.41. The molecule has 0 aromatic heterocycles. The van der Waals surface area contributed by atoms with Gasteiger partial charge >= 0.3 is 6.03 Å². The number of urea groups is 1. The summed E-state index contributed by atoms with van der Waals surface area (Å²) in [6.45, 7) is 0. The molecule has 7 nitrogen and oxygen atoms in total. The highest BCUT2D eigenvalue weighted by molar-refractivity contribution is 7.98. The van der Waals surface area contributed by atoms with Gasteiger partial charge in [0, 0.05) is 27.8 Å². The summed E-state index contributed by atoms with van der Waals surface area (Å²) < 4.78 is 30.5. The number of hydrogen-bond donors (Lipinski definition) is 4. The molecule has 5 rings (SSSR count). The lowest BCUT2D eigenvalue weighted by Gasteiger charge is -2.11. The van der Waals surface area contributed by atoms with Crippen LogP contribution in [0.15, 0.2) is 113 Å². The Morgan fingerprint density at radius 1 is 0.667 bits per heavy atom. The molecule has 0 atom stereocenters. The highest BCUT2D eigenvalue weighted by atomic mass is 32.2. The fourth-order valence-electron chi connectivity index (χ4n) is 3.90. The van der Waals surface area contributed by atoms with Crippen molar-refractivity contribution in [3.8, 4) is 0 Å². The number of halogens is 2. The van der Waals surface area contributed by atoms with Gasteiger partial charge in [0.25, 0.3) is 0 Å². The summed E-state index contributed by atoms with van der Waals surface area (Å²) in [4.78, 5) is 40.1. The van der Waals surface area contributed by atoms with Crippen LogP contribution in [0.4, 0.5) is 30.6 Å². The third-order valence-electron chi connectivity index (χ3n) is 5.67. The van der Waals surface area contributed by atoms with Crippen molar-refractivity contribution in [1.82, 2.24) is 4.72 Å². The van der Waals surface area contributed by atoms with E-state index in [-0.39, 0.29) is 22.5 Å². The van der Waals surface area contributed by atoms with Crippen molar-refractivity contribution in [1.29, 1.82) is 0 Å². The summed E-state index contributed by atoms with van der Waals surface area (Å²) in [6.07, 6.45) is 0. The zero-order valence-electron chi connectivity index (χ0n) is 20.1. The van der Waals surface area contributed by atoms with Gasteiger partial charge in [-0.1, -0.05) is 48.5 Å². The van der Waals surface area contributed by atoms with E-state index in [9.17, 15) is 23.2 Å². The molecule has 0 aliphatic carbocycles. The van der Waals surface area contributed by atoms with E-state index in [2.05, 4.69) is 20.7 Å². The first-order valence-electron chi connectivity index (χ1n) is 11.7. The summed E-state index contributed by atoms with van der Waals surface area (Å²) in [5.74, 6) is -3.32. The molecule has 0 spiro atoms. The number of anilines is 3. The fraction of sp³-hybridized carbons (Fsp3) is 0. The fourth-order valence-corrected chi connectivity index (χ4v) is 4.46. The van der Waals surface area contributed by atoms with Gasteiger partial charge in [-0.2, -0.15) is 0 Å². The van der Waals surface area contributed by atoms with Gasteiger partial charge in [-0.15, -0.1) is 0 Å². The van der Waals surface area contributed by atoms with Crippen molar-refractivity contribution >= 4 is 46.6 Å². The molecule has 1 aliphatic rings. The maximum atomic E-state index is 13.9. The van der Waals surface area contributed by atoms with Crippen molar-refractivity contribution < 1.29 is 23.2 Å². The molecule has 0 radical (unpaired) electrons. The monoisotopic (exact) mass is 542 g/mol. The summed E-state index contributed by atoms with van der Waals surface area (Å²) >= 11 is 1.16. The minimum absolute atomic E-state index is 0.0507. The molecule has 4 aromatic rings. The number of allylic oxidation sites excluding steroid dienone is 1. The lowest BCUT2D eigenvalue weighted by Crippen LogP contribution is -2.22. The summed E-state index contributed by atoms with van der Waals surface area (Å²) in [5.41, 5.74) is 1.05. The Labute approximate surface area is 226 Å². The standard InChI is InChI=1S/C29H20F2N4O3S/c30-19-13-18(14-20(31)15-19)27(37)25(26(36)17-7-3-1-4-8-17)28-33-23-12-11-21(16-24(23)34-28)32-29(38)35-39-22-9-5-2-6-10-22/h1-16,33-34H,(H2,32,35,38)/b28-25+. The lowest BCUT2D eigenvalue weighted by molar-refractivity contribution is 0.0960. The van der Waals surface area contributed by atoms with Crippen LogP contribution in [0.1, 0.15) is 20.7 Å². The number of nitrogens with one attached hydrogen (secondary N) is 4. The zero-order chi connectivity index (χ0) is 27.4. The van der Waals surface area contributed by atoms with Gasteiger partial charge in [-0.05, 0) is 54.4 Å². The van der Waals surface area contributed by atoms with Gasteiger partial charge in [0.05, 0.1) is 11.4 Å². The van der Waals surface area contributed by atoms with E-state index in [0.717, 1.165) is 29.0 Å². The van der Waals surface area contributed by atoms with E-state index in [4.69, 9.17) is 0 Å². The third-order valence-corrected chi connectivity index (χ3v) is 6.46. The van der Waals surface area contributed by atoms with Crippen molar-refractivity contribution in [2.24, 2.45) is 0 Å². The molecule has 1 aliphatic heterocycles. The number of carbonyl (C=O) groups is 3. The van der Waals surface area contributed by atoms with E-state index < -0.39 is 29.2 Å². The molecule has 4 N–H and O–H groups in total. The second-order valence-corrected chi connectivity index (χ2v) is 9.29. The number of Topliss-reactive ketones (excluding diaryl/α,β-unsaturated/α-hetero) is 2. The predicted octanol–water partition coefficient (Wildman–Crippen LogP) is 6.61. The van der Waals surface area contributed by atoms with Crippen LogP contribution >= 0.6 is 11.9 Å². The van der Waals surface area contributed by atoms with E-state index in [1.165, 1.54) is 0 Å². The van der Waals surface area contributed by atoms with Gasteiger partial charge < -0.3 is 16.0 Å². The van der Waals surface area contributed by atoms with Gasteiger partial charge in [-0.3, -0.25) is 14.3 Å². The van der Waals surface area contributed by atoms with Crippen molar-refractivity contribution in [3.63, 3.8) is 0 Å². The average molecular weight is 543 g/mol. The van der Waals surface area contributed by atoms with Crippen molar-refractivity contribution in [3.05, 3.63) is 131 Å². The van der Waals surface area contributed by atoms with Gasteiger partial charge in [0.2, 0.25) is 11.6 Å². The minimum atomic E-state index is -0.940. The van der Waals surface area contributed by atoms with Crippen LogP contribution in [0.5, 0.6) is 0 Å². The van der Waals surface area contributed by atoms with Gasteiger partial charge in [-0.25, -0.2) is 13.6 Å². The summed E-state index contributed by atoms with van der Waals surface area (Å²) in [6, 6.07) is 24.3. The van der Waals surface area contributed by atoms with Crippen LogP contribution in [0, 0.1) is 11.6 Å². The molecule has 0 fully saturated rings. The predicted molar refractivity (Wildman–Crippen MR) is 147 cm³/mol. The Bertz CT molecular complexity index is 1590. The Hall–Kier alpha value is -4.96. The van der Waals surface area contributed by atoms with Crippen LogP contribution in [-0.2, 0) is 0 Å². The van der Waals surface area contributed by atoms with Crippen LogP contribution in [0.2, 0.25) is 0 Å². The molecular formula is C29H20F2N4O3S. The Morgan fingerprint density at radius 3 is 1.97 bits per heavy atom. The number of rotatable bonds is 7. The highest BCUT2D eigenvalue weighted by Crippen LogP contribution is 2.35. The third kappa shape index (κ3) is 5.97. The molecule has 0 saturated heterocycles. The molecule has 10 heteroatoms. The van der Waals surface area contributed by atoms with Crippen LogP contribution < -0.4 is 20.7 Å². The SMILES string of the molecule is O=C(NSc1ccccc1)Nc1ccc2c(c1)N/C(=C(\C(=O)c1ccccc1)C(=O)c1cc(F)cc(F)c1)N2. The quantitative estimate of drug-likeness (QED) is 0.0690. The first kappa shape index (κ1) is 25.7. The Kier molecular flexibility index (Phi) is 7.37. The van der Waals surface area contributed by atoms with Crippen molar-refractivity contribution in [2.45, 2.75) is 4.90 Å². The molecule has 1 heterocycles. The highest BCUT2D eigenvalue weighted by Gasteiger charge is 2.30. The number of amides is 2. The van der Waals surface area contributed by atoms with Crippen LogP contribution in [-0.4, -0.2) is 17.6 Å². The minimum Gasteiger partial charge on any atom is -0.339 e. The summed E-state index contributed by atoms with van der Waals surface area (Å²) in [5, 5.41) is 8.72. The van der Waals surface area contributed by atoms with E-state index in [1.54, 1.807) is 48.5 Å². The van der Waals surface area contributed by atoms with Crippen molar-refractivity contribution in [2.75, 3.05) is 16.0 Å². The van der Waals surface area contributed by atoms with Gasteiger partial charge in [0.15, 0.2) is 0 Å². The smallest absolute Gasteiger partial charge is 0.329 e. The maximum Gasteiger partial charge on any atom is 0.329 e. The molecule has 4 aromatic carbocycles. The van der Waals surface area contributed by atoms with Gasteiger partial charge in [0.1, 0.15) is 23.0 Å². The molecule has 0 saturated carbocycles. The topological polar surface area (TPSA) is 99.3 Å². The number of hydrogen-bond acceptors (Lipinski definition) is 6. The van der Waals surface area contributed by atoms with Crippen LogP contribution in [0.25, 0.3) is 0 Å². The molecule has 0 bridgehead atoms. The average Bonchev–Trinajstić information content (AvgIpc) is 3.35. The summed E-state index contributed by atoms with van der Waals surface area (Å²) in [7, 11) is 0. The Morgan fingerprint density at radius 2 is 1.28 bits per heavy atom. The molecule has 194 valence electrons. The largest absolute Gasteiger partial charge is 0.339 e. The normalized spacial score (nSPS) is 13.0. The maximum absolute atomic E-state index is 13.9. The number of carbonyl (C=O) groups excluding carboxylic acids is 3. The number of benzene rings is 4. The van der Waals surface area contributed by atoms with Crippen LogP contribution in [0.3, 0.4) is 0 Å². The second kappa shape index (κ2) is 11.2. The first-order valence-corrected chi connectivity index (χ1v) is 12.5. The van der Waals surface area contributed by atoms with E-state index in [0.29, 0.717) is 23.1 Å². The Balaban J connectivity index is 1.41. The molecule has 2 amide bonds. The first-order chi connectivity index (χ1) is 18.9. The zero-order valence-corrected chi connectivity index (χ0v) is 20.9. The number of fused-ring (bicyclic) bond motifs is 1. The van der Waals surface area contributed by atoms with E-state index >= 15 is 0 Å². The van der Waals surface area contributed by atoms with E-state index in [1.807, 2.05) is 30.3 Å². The molecular weight excluding hydrogens is 522 g/mol. The lowest BCUT2D eigenvalue weighted by atomic mass is 9.95. The number of ketones is 2. The molecule has 39 heavy (non-hydrogen) atoms. The molecule has 0 unspecified atom stereocenters.